The molecule has 3 N–H and O–H groups in total. The van der Waals surface area contributed by atoms with Gasteiger partial charge in [-0.05, 0) is 36.4 Å². The van der Waals surface area contributed by atoms with Gasteiger partial charge in [0.15, 0.2) is 11.5 Å². The highest BCUT2D eigenvalue weighted by Crippen LogP contribution is 2.32. The predicted molar refractivity (Wildman–Crippen MR) is 145 cm³/mol. The Morgan fingerprint density at radius 1 is 1.10 bits per heavy atom. The maximum Gasteiger partial charge on any atom is 0.404 e. The fourth-order valence-corrected chi connectivity index (χ4v) is 3.97. The van der Waals surface area contributed by atoms with Crippen LogP contribution in [0.3, 0.4) is 0 Å². The van der Waals surface area contributed by atoms with E-state index in [1.807, 2.05) is 12.1 Å². The Bertz CT molecular complexity index is 1320. The first-order valence-corrected chi connectivity index (χ1v) is 12.8. The molecule has 210 valence electrons. The molecule has 0 spiro atoms. The number of ether oxygens (including phenoxy) is 5. The second-order valence-electron chi connectivity index (χ2n) is 8.70. The summed E-state index contributed by atoms with van der Waals surface area (Å²) in [7, 11) is 1.54. The van der Waals surface area contributed by atoms with Crippen LogP contribution in [0.2, 0.25) is 0 Å². The molecular weight excluding hydrogens is 518 g/mol. The molecule has 1 fully saturated rings. The van der Waals surface area contributed by atoms with E-state index in [4.69, 9.17) is 28.8 Å². The predicted octanol–water partition coefficient (Wildman–Crippen LogP) is 3.99. The molecule has 0 saturated carbocycles. The maximum atomic E-state index is 10.4. The molecule has 0 bridgehead atoms. The molecule has 0 radical (unpaired) electrons. The summed E-state index contributed by atoms with van der Waals surface area (Å²) in [6, 6.07) is 14.8. The summed E-state index contributed by atoms with van der Waals surface area (Å²) in [4.78, 5) is 19.4. The molecule has 0 atom stereocenters. The third-order valence-corrected chi connectivity index (χ3v) is 5.94. The van der Waals surface area contributed by atoms with E-state index in [9.17, 15) is 10.1 Å². The van der Waals surface area contributed by atoms with Gasteiger partial charge >= 0.3 is 6.09 Å². The molecular formula is C28H31N5O7. The van der Waals surface area contributed by atoms with E-state index in [2.05, 4.69) is 26.7 Å². The van der Waals surface area contributed by atoms with Crippen molar-refractivity contribution in [3.05, 3.63) is 54.2 Å². The number of rotatable bonds is 13. The largest absolute Gasteiger partial charge is 0.493 e. The second kappa shape index (κ2) is 14.5. The van der Waals surface area contributed by atoms with E-state index in [-0.39, 0.29) is 25.9 Å². The molecule has 0 aliphatic carbocycles. The van der Waals surface area contributed by atoms with Crippen molar-refractivity contribution in [2.75, 3.05) is 52.0 Å². The van der Waals surface area contributed by atoms with Gasteiger partial charge in [-0.3, -0.25) is 0 Å². The lowest BCUT2D eigenvalue weighted by molar-refractivity contribution is 0.0254. The van der Waals surface area contributed by atoms with Crippen LogP contribution >= 0.6 is 0 Å². The topological polar surface area (TPSA) is 157 Å². The van der Waals surface area contributed by atoms with Crippen LogP contribution in [0.4, 0.5) is 16.4 Å². The van der Waals surface area contributed by atoms with Gasteiger partial charge in [-0.1, -0.05) is 0 Å². The summed E-state index contributed by atoms with van der Waals surface area (Å²) in [6.45, 7) is 2.34. The number of hydrogen-bond donors (Lipinski definition) is 3. The second-order valence-corrected chi connectivity index (χ2v) is 8.70. The molecule has 12 heteroatoms. The van der Waals surface area contributed by atoms with E-state index < -0.39 is 6.09 Å². The quantitative estimate of drug-likeness (QED) is 0.265. The molecule has 12 nitrogen and oxygen atoms in total. The van der Waals surface area contributed by atoms with Gasteiger partial charge in [-0.15, -0.1) is 0 Å². The summed E-state index contributed by atoms with van der Waals surface area (Å²) in [5.41, 5.74) is 2.55. The van der Waals surface area contributed by atoms with Crippen LogP contribution in [0, 0.1) is 11.3 Å². The summed E-state index contributed by atoms with van der Waals surface area (Å²) >= 11 is 0. The average molecular weight is 550 g/mol. The summed E-state index contributed by atoms with van der Waals surface area (Å²) in [5, 5.41) is 23.6. The Morgan fingerprint density at radius 3 is 2.70 bits per heavy atom. The highest BCUT2D eigenvalue weighted by atomic mass is 16.5. The first-order valence-electron chi connectivity index (χ1n) is 12.8. The van der Waals surface area contributed by atoms with Crippen LogP contribution in [0.1, 0.15) is 18.4 Å². The van der Waals surface area contributed by atoms with Gasteiger partial charge in [-0.25, -0.2) is 14.8 Å². The van der Waals surface area contributed by atoms with Crippen molar-refractivity contribution < 1.29 is 33.6 Å². The molecule has 3 aromatic rings. The number of carboxylic acid groups (broad SMARTS) is 1. The van der Waals surface area contributed by atoms with Gasteiger partial charge in [0, 0.05) is 42.9 Å². The Kier molecular flexibility index (Phi) is 10.3. The zero-order valence-corrected chi connectivity index (χ0v) is 22.1. The van der Waals surface area contributed by atoms with Crippen LogP contribution in [-0.2, 0) is 9.47 Å². The summed E-state index contributed by atoms with van der Waals surface area (Å²) in [5.74, 6) is 1.97. The third kappa shape index (κ3) is 8.20. The zero-order chi connectivity index (χ0) is 28.2. The average Bonchev–Trinajstić information content (AvgIpc) is 2.98. The van der Waals surface area contributed by atoms with Crippen LogP contribution in [-0.4, -0.2) is 74.0 Å². The van der Waals surface area contributed by atoms with Gasteiger partial charge in [0.05, 0.1) is 44.8 Å². The molecule has 1 aromatic heterocycles. The molecule has 2 aromatic carbocycles. The normalized spacial score (nSPS) is 13.2. The van der Waals surface area contributed by atoms with Crippen molar-refractivity contribution in [3.63, 3.8) is 0 Å². The van der Waals surface area contributed by atoms with E-state index in [0.29, 0.717) is 60.0 Å². The minimum absolute atomic E-state index is 0.0386. The zero-order valence-electron chi connectivity index (χ0n) is 22.1. The molecule has 1 aliphatic heterocycles. The van der Waals surface area contributed by atoms with Crippen molar-refractivity contribution in [3.8, 4) is 34.6 Å². The van der Waals surface area contributed by atoms with Crippen LogP contribution in [0.5, 0.6) is 17.2 Å². The van der Waals surface area contributed by atoms with Crippen molar-refractivity contribution in [1.29, 1.82) is 5.26 Å². The number of benzene rings is 2. The first-order chi connectivity index (χ1) is 19.6. The smallest absolute Gasteiger partial charge is 0.404 e. The van der Waals surface area contributed by atoms with Gasteiger partial charge in [-0.2, -0.15) is 5.26 Å². The van der Waals surface area contributed by atoms with E-state index in [1.165, 1.54) is 0 Å². The minimum atomic E-state index is -1.09. The Balaban J connectivity index is 1.37. The molecule has 1 saturated heterocycles. The number of methoxy groups -OCH3 is 1. The van der Waals surface area contributed by atoms with Crippen LogP contribution in [0.25, 0.3) is 11.3 Å². The number of aromatic nitrogens is 2. The number of nitrogens with one attached hydrogen (secondary N) is 2. The van der Waals surface area contributed by atoms with Crippen molar-refractivity contribution in [2.24, 2.45) is 0 Å². The van der Waals surface area contributed by atoms with E-state index >= 15 is 0 Å². The van der Waals surface area contributed by atoms with Gasteiger partial charge < -0.3 is 39.4 Å². The molecule has 1 aliphatic rings. The van der Waals surface area contributed by atoms with E-state index in [1.54, 1.807) is 43.6 Å². The van der Waals surface area contributed by atoms with Crippen LogP contribution < -0.4 is 24.8 Å². The minimum Gasteiger partial charge on any atom is -0.493 e. The lowest BCUT2D eigenvalue weighted by Gasteiger charge is -2.23. The number of hydrogen-bond acceptors (Lipinski definition) is 10. The summed E-state index contributed by atoms with van der Waals surface area (Å²) < 4.78 is 28.0. The number of amides is 1. The lowest BCUT2D eigenvalue weighted by Crippen LogP contribution is -2.26. The number of nitriles is 1. The third-order valence-electron chi connectivity index (χ3n) is 5.94. The fraction of sp³-hybridized carbons (Fsp3) is 0.357. The number of carbonyl (C=O) groups is 1. The number of nitrogens with zero attached hydrogens (tertiary/aromatic N) is 3. The van der Waals surface area contributed by atoms with Crippen molar-refractivity contribution in [2.45, 2.75) is 18.9 Å². The SMILES string of the molecule is COc1cc(Nc2nccc(-c3ccc(OC4CCOCC4)c(C#N)c3)n2)ccc1OCCOCCNC(=O)O. The molecule has 40 heavy (non-hydrogen) atoms. The van der Waals surface area contributed by atoms with E-state index in [0.717, 1.165) is 18.4 Å². The Morgan fingerprint density at radius 2 is 1.93 bits per heavy atom. The molecule has 2 heterocycles. The standard InChI is InChI=1S/C28H31N5O7/c1-36-26-17-21(3-5-25(26)39-15-14-38-13-10-31-28(34)35)32-27-30-9-6-23(33-27)19-2-4-24(20(16-19)18-29)40-22-7-11-37-12-8-22/h2-6,9,16-17,22,31H,7-8,10-15H2,1H3,(H,34,35)(H,30,32,33). The van der Waals surface area contributed by atoms with Crippen molar-refractivity contribution >= 4 is 17.7 Å². The highest BCUT2D eigenvalue weighted by molar-refractivity contribution is 5.66. The van der Waals surface area contributed by atoms with Crippen molar-refractivity contribution in [1.82, 2.24) is 15.3 Å². The lowest BCUT2D eigenvalue weighted by atomic mass is 10.1. The molecule has 0 unspecified atom stereocenters. The maximum absolute atomic E-state index is 10.4. The summed E-state index contributed by atoms with van der Waals surface area (Å²) in [6.07, 6.45) is 2.19. The number of anilines is 2. The van der Waals surface area contributed by atoms with Crippen LogP contribution in [0.15, 0.2) is 48.7 Å². The Labute approximate surface area is 231 Å². The van der Waals surface area contributed by atoms with Gasteiger partial charge in [0.1, 0.15) is 24.5 Å². The monoisotopic (exact) mass is 549 g/mol. The first kappa shape index (κ1) is 28.4. The van der Waals surface area contributed by atoms with Gasteiger partial charge in [0.25, 0.3) is 0 Å². The van der Waals surface area contributed by atoms with Gasteiger partial charge in [0.2, 0.25) is 5.95 Å². The highest BCUT2D eigenvalue weighted by Gasteiger charge is 2.18. The molecule has 4 rings (SSSR count). The fourth-order valence-electron chi connectivity index (χ4n) is 3.97. The molecule has 1 amide bonds. The Hall–Kier alpha value is -4.60.